The Kier molecular flexibility index (Phi) is 3.34. The number of unbranched alkanes of at least 4 members (excludes halogenated alkanes) is 1. The van der Waals surface area contributed by atoms with E-state index in [2.05, 4.69) is 12.8 Å². The molecule has 1 heteroatoms. The van der Waals surface area contributed by atoms with Crippen LogP contribution in [0.3, 0.4) is 0 Å². The minimum Gasteiger partial charge on any atom is -0.378 e. The quantitative estimate of drug-likeness (QED) is 0.569. The van der Waals surface area contributed by atoms with Crippen LogP contribution in [0.15, 0.2) is 0 Å². The van der Waals surface area contributed by atoms with Gasteiger partial charge in [0.05, 0.1) is 0 Å². The lowest BCUT2D eigenvalue weighted by atomic mass is 10.0. The van der Waals surface area contributed by atoms with E-state index in [4.69, 9.17) is 6.42 Å². The maximum Gasteiger partial charge on any atom is 0.122 e. The van der Waals surface area contributed by atoms with Gasteiger partial charge in [0.15, 0.2) is 0 Å². The van der Waals surface area contributed by atoms with Gasteiger partial charge in [0.1, 0.15) is 5.60 Å². The van der Waals surface area contributed by atoms with Crippen LogP contribution in [0.1, 0.15) is 33.1 Å². The van der Waals surface area contributed by atoms with Crippen molar-refractivity contribution in [2.45, 2.75) is 38.7 Å². The molecule has 0 amide bonds. The van der Waals surface area contributed by atoms with Gasteiger partial charge in [0, 0.05) is 0 Å². The minimum absolute atomic E-state index is 0.708. The molecule has 0 aliphatic heterocycles. The zero-order valence-corrected chi connectivity index (χ0v) is 6.15. The van der Waals surface area contributed by atoms with Crippen LogP contribution in [0.5, 0.6) is 0 Å². The zero-order valence-electron chi connectivity index (χ0n) is 6.15. The van der Waals surface area contributed by atoms with Gasteiger partial charge in [-0.1, -0.05) is 19.3 Å². The van der Waals surface area contributed by atoms with Gasteiger partial charge in [0.2, 0.25) is 0 Å². The van der Waals surface area contributed by atoms with Crippen molar-refractivity contribution in [2.24, 2.45) is 0 Å². The molecule has 1 nitrogen and oxygen atoms in total. The summed E-state index contributed by atoms with van der Waals surface area (Å²) in [5.41, 5.74) is -0.879. The van der Waals surface area contributed by atoms with Crippen LogP contribution in [0, 0.1) is 12.3 Å². The fraction of sp³-hybridized carbons (Fsp3) is 0.750. The molecule has 0 spiro atoms. The predicted molar refractivity (Wildman–Crippen MR) is 39.0 cm³/mol. The molecule has 0 aromatic carbocycles. The van der Waals surface area contributed by atoms with E-state index < -0.39 is 5.60 Å². The summed E-state index contributed by atoms with van der Waals surface area (Å²) >= 11 is 0. The lowest BCUT2D eigenvalue weighted by Gasteiger charge is -2.14. The van der Waals surface area contributed by atoms with Crippen molar-refractivity contribution < 1.29 is 5.11 Å². The Bertz CT molecular complexity index is 108. The normalized spacial score (nSPS) is 16.2. The number of terminal acetylenes is 1. The first kappa shape index (κ1) is 8.52. The van der Waals surface area contributed by atoms with Crippen LogP contribution >= 0.6 is 0 Å². The van der Waals surface area contributed by atoms with Crippen molar-refractivity contribution in [3.05, 3.63) is 0 Å². The van der Waals surface area contributed by atoms with Crippen LogP contribution in [0.4, 0.5) is 0 Å². The van der Waals surface area contributed by atoms with Gasteiger partial charge in [-0.2, -0.15) is 0 Å². The summed E-state index contributed by atoms with van der Waals surface area (Å²) in [5, 5.41) is 9.22. The lowest BCUT2D eigenvalue weighted by molar-refractivity contribution is 0.110. The first-order valence-electron chi connectivity index (χ1n) is 3.32. The number of hydrogen-bond acceptors (Lipinski definition) is 1. The van der Waals surface area contributed by atoms with E-state index in [1.165, 1.54) is 0 Å². The predicted octanol–water partition coefficient (Wildman–Crippen LogP) is 1.56. The Labute approximate surface area is 57.1 Å². The minimum atomic E-state index is -0.879. The van der Waals surface area contributed by atoms with Crippen molar-refractivity contribution in [1.29, 1.82) is 0 Å². The van der Waals surface area contributed by atoms with Crippen LogP contribution in [-0.2, 0) is 0 Å². The highest BCUT2D eigenvalue weighted by Crippen LogP contribution is 2.10. The Hall–Kier alpha value is -0.480. The van der Waals surface area contributed by atoms with Gasteiger partial charge in [0.25, 0.3) is 0 Å². The van der Waals surface area contributed by atoms with Crippen LogP contribution in [-0.4, -0.2) is 10.7 Å². The molecule has 0 aromatic heterocycles. The number of rotatable bonds is 3. The summed E-state index contributed by atoms with van der Waals surface area (Å²) in [7, 11) is 0. The van der Waals surface area contributed by atoms with E-state index in [0.717, 1.165) is 12.8 Å². The monoisotopic (exact) mass is 126 g/mol. The smallest absolute Gasteiger partial charge is 0.122 e. The van der Waals surface area contributed by atoms with Gasteiger partial charge in [-0.25, -0.2) is 0 Å². The molecule has 0 heterocycles. The van der Waals surface area contributed by atoms with Gasteiger partial charge >= 0.3 is 0 Å². The molecular formula is C8H14O. The molecule has 0 saturated carbocycles. The van der Waals surface area contributed by atoms with Crippen molar-refractivity contribution >= 4 is 0 Å². The van der Waals surface area contributed by atoms with Crippen LogP contribution in [0.2, 0.25) is 0 Å². The Balaban J connectivity index is 3.49. The third-order valence-corrected chi connectivity index (χ3v) is 1.33. The second-order valence-corrected chi connectivity index (χ2v) is 2.52. The first-order valence-corrected chi connectivity index (χ1v) is 3.32. The largest absolute Gasteiger partial charge is 0.378 e. The second-order valence-electron chi connectivity index (χ2n) is 2.52. The molecule has 9 heavy (non-hydrogen) atoms. The van der Waals surface area contributed by atoms with Crippen LogP contribution in [0.25, 0.3) is 0 Å². The highest BCUT2D eigenvalue weighted by Gasteiger charge is 2.13. The first-order chi connectivity index (χ1) is 4.12. The average Bonchev–Trinajstić information content (AvgIpc) is 1.84. The van der Waals surface area contributed by atoms with Crippen molar-refractivity contribution in [3.63, 3.8) is 0 Å². The second kappa shape index (κ2) is 3.53. The average molecular weight is 126 g/mol. The molecule has 1 unspecified atom stereocenters. The van der Waals surface area contributed by atoms with E-state index >= 15 is 0 Å². The summed E-state index contributed by atoms with van der Waals surface area (Å²) in [6, 6.07) is 0. The summed E-state index contributed by atoms with van der Waals surface area (Å²) < 4.78 is 0. The molecule has 1 N–H and O–H groups in total. The number of aliphatic hydroxyl groups is 1. The molecule has 0 aliphatic rings. The van der Waals surface area contributed by atoms with E-state index in [1.807, 2.05) is 0 Å². The molecule has 0 aromatic rings. The van der Waals surface area contributed by atoms with E-state index in [9.17, 15) is 5.11 Å². The van der Waals surface area contributed by atoms with Gasteiger partial charge in [-0.3, -0.25) is 0 Å². The topological polar surface area (TPSA) is 20.2 Å². The van der Waals surface area contributed by atoms with Gasteiger partial charge < -0.3 is 5.11 Å². The highest BCUT2D eigenvalue weighted by atomic mass is 16.3. The molecule has 1 atom stereocenters. The maximum atomic E-state index is 9.22. The third kappa shape index (κ3) is 4.05. The third-order valence-electron chi connectivity index (χ3n) is 1.33. The van der Waals surface area contributed by atoms with Gasteiger partial charge in [-0.05, 0) is 19.8 Å². The molecule has 0 bridgehead atoms. The Morgan fingerprint density at radius 3 is 2.56 bits per heavy atom. The van der Waals surface area contributed by atoms with Crippen molar-refractivity contribution in [1.82, 2.24) is 0 Å². The fourth-order valence-corrected chi connectivity index (χ4v) is 0.593. The molecule has 0 saturated heterocycles. The van der Waals surface area contributed by atoms with Crippen molar-refractivity contribution in [2.75, 3.05) is 0 Å². The van der Waals surface area contributed by atoms with E-state index in [0.29, 0.717) is 6.42 Å². The standard InChI is InChI=1S/C8H14O/c1-4-6-7-8(3,9)5-2/h2,9H,4,6-7H2,1,3H3. The lowest BCUT2D eigenvalue weighted by Crippen LogP contribution is -2.20. The Morgan fingerprint density at radius 1 is 1.67 bits per heavy atom. The molecule has 0 rings (SSSR count). The maximum absolute atomic E-state index is 9.22. The Morgan fingerprint density at radius 2 is 2.22 bits per heavy atom. The highest BCUT2D eigenvalue weighted by molar-refractivity contribution is 5.03. The summed E-state index contributed by atoms with van der Waals surface area (Å²) in [5.74, 6) is 2.33. The number of hydrogen-bond donors (Lipinski definition) is 1. The zero-order chi connectivity index (χ0) is 7.33. The van der Waals surface area contributed by atoms with Gasteiger partial charge in [-0.15, -0.1) is 6.42 Å². The molecular weight excluding hydrogens is 112 g/mol. The van der Waals surface area contributed by atoms with E-state index in [1.54, 1.807) is 6.92 Å². The molecule has 0 fully saturated rings. The summed E-state index contributed by atoms with van der Waals surface area (Å²) in [4.78, 5) is 0. The van der Waals surface area contributed by atoms with Crippen LogP contribution < -0.4 is 0 Å². The molecule has 0 radical (unpaired) electrons. The fourth-order valence-electron chi connectivity index (χ4n) is 0.593. The summed E-state index contributed by atoms with van der Waals surface area (Å²) in [6.45, 7) is 3.75. The molecule has 0 aliphatic carbocycles. The summed E-state index contributed by atoms with van der Waals surface area (Å²) in [6.07, 6.45) is 7.83. The SMILES string of the molecule is C#CC(C)(O)CCCC. The van der Waals surface area contributed by atoms with E-state index in [-0.39, 0.29) is 0 Å². The molecule has 52 valence electrons. The van der Waals surface area contributed by atoms with Crippen molar-refractivity contribution in [3.8, 4) is 12.3 Å².